The zero-order valence-electron chi connectivity index (χ0n) is 13.2. The summed E-state index contributed by atoms with van der Waals surface area (Å²) in [6.45, 7) is 7.55. The van der Waals surface area contributed by atoms with Crippen molar-refractivity contribution in [3.05, 3.63) is 23.4 Å². The summed E-state index contributed by atoms with van der Waals surface area (Å²) in [5.74, 6) is -0.0949. The average Bonchev–Trinajstić information content (AvgIpc) is 2.33. The van der Waals surface area contributed by atoms with Crippen LogP contribution in [0.3, 0.4) is 0 Å². The van der Waals surface area contributed by atoms with Crippen LogP contribution >= 0.6 is 0 Å². The third kappa shape index (κ3) is 6.31. The Labute approximate surface area is 131 Å². The summed E-state index contributed by atoms with van der Waals surface area (Å²) in [5.41, 5.74) is 1.20. The molecule has 1 N–H and O–H groups in total. The molecule has 4 nitrogen and oxygen atoms in total. The van der Waals surface area contributed by atoms with Gasteiger partial charge in [-0.15, -0.1) is 0 Å². The fourth-order valence-electron chi connectivity index (χ4n) is 1.55. The number of nitrogens with one attached hydrogen (secondary N) is 1. The van der Waals surface area contributed by atoms with E-state index in [4.69, 9.17) is 0 Å². The van der Waals surface area contributed by atoms with Gasteiger partial charge in [-0.3, -0.25) is 0 Å². The van der Waals surface area contributed by atoms with Gasteiger partial charge in [0.25, 0.3) is 0 Å². The van der Waals surface area contributed by atoms with E-state index in [9.17, 15) is 17.4 Å². The Morgan fingerprint density at radius 2 is 1.91 bits per heavy atom. The zero-order valence-corrected chi connectivity index (χ0v) is 14.1. The molecule has 0 bridgehead atoms. The number of hydrogen-bond acceptors (Lipinski definition) is 3. The Kier molecular flexibility index (Phi) is 5.97. The normalized spacial score (nSPS) is 15.5. The van der Waals surface area contributed by atoms with Gasteiger partial charge in [-0.05, 0) is 46.2 Å². The number of hydrogen-bond donors (Lipinski definition) is 1. The van der Waals surface area contributed by atoms with Crippen molar-refractivity contribution in [2.75, 3.05) is 6.61 Å². The highest BCUT2D eigenvalue weighted by Crippen LogP contribution is 2.23. The summed E-state index contributed by atoms with van der Waals surface area (Å²) in [6.07, 6.45) is -4.41. The van der Waals surface area contributed by atoms with E-state index in [1.807, 2.05) is 20.8 Å². The minimum absolute atomic E-state index is 0.0949. The monoisotopic (exact) mass is 338 g/mol. The summed E-state index contributed by atoms with van der Waals surface area (Å²) >= 11 is 0. The number of aromatic nitrogens is 1. The predicted molar refractivity (Wildman–Crippen MR) is 80.0 cm³/mol. The van der Waals surface area contributed by atoms with Crippen molar-refractivity contribution in [2.24, 2.45) is 0 Å². The van der Waals surface area contributed by atoms with E-state index in [0.717, 1.165) is 0 Å². The Bertz CT molecular complexity index is 542. The molecule has 1 aromatic heterocycles. The molecule has 0 amide bonds. The lowest BCUT2D eigenvalue weighted by Crippen LogP contribution is -2.34. The van der Waals surface area contributed by atoms with Gasteiger partial charge in [0.05, 0.1) is 15.7 Å². The van der Waals surface area contributed by atoms with E-state index in [-0.39, 0.29) is 11.9 Å². The van der Waals surface area contributed by atoms with Gasteiger partial charge in [0.15, 0.2) is 6.61 Å². The van der Waals surface area contributed by atoms with Crippen molar-refractivity contribution in [2.45, 2.75) is 51.6 Å². The van der Waals surface area contributed by atoms with Crippen LogP contribution in [0.15, 0.2) is 12.1 Å². The first-order chi connectivity index (χ1) is 9.88. The van der Waals surface area contributed by atoms with Crippen LogP contribution in [0.5, 0.6) is 5.88 Å². The number of rotatable bonds is 5. The molecule has 0 aliphatic carbocycles. The number of halogens is 3. The molecule has 0 saturated heterocycles. The van der Waals surface area contributed by atoms with Crippen LogP contribution in [0.4, 0.5) is 13.2 Å². The Balaban J connectivity index is 2.86. The first-order valence-electron chi connectivity index (χ1n) is 6.74. The number of nitrogens with zero attached hydrogens (tertiary/aromatic N) is 1. The van der Waals surface area contributed by atoms with E-state index < -0.39 is 28.5 Å². The lowest BCUT2D eigenvalue weighted by Gasteiger charge is -2.22. The number of aryl methyl sites for hydroxylation is 1. The molecule has 2 atom stereocenters. The van der Waals surface area contributed by atoms with E-state index in [2.05, 4.69) is 14.4 Å². The fourth-order valence-corrected chi connectivity index (χ4v) is 2.36. The zero-order chi connectivity index (χ0) is 17.1. The van der Waals surface area contributed by atoms with Gasteiger partial charge in [-0.2, -0.15) is 13.2 Å². The minimum atomic E-state index is -4.41. The maximum atomic E-state index is 12.2. The highest BCUT2D eigenvalue weighted by molar-refractivity contribution is 7.84. The maximum absolute atomic E-state index is 12.2. The third-order valence-electron chi connectivity index (χ3n) is 2.68. The highest BCUT2D eigenvalue weighted by Gasteiger charge is 2.29. The predicted octanol–water partition coefficient (Wildman–Crippen LogP) is 3.44. The van der Waals surface area contributed by atoms with Crippen molar-refractivity contribution in [3.8, 4) is 5.88 Å². The smallest absolute Gasteiger partial charge is 0.422 e. The van der Waals surface area contributed by atoms with Crippen LogP contribution in [0.25, 0.3) is 0 Å². The summed E-state index contributed by atoms with van der Waals surface area (Å²) in [6, 6.07) is 2.84. The van der Waals surface area contributed by atoms with Crippen LogP contribution in [-0.2, 0) is 11.0 Å². The van der Waals surface area contributed by atoms with Gasteiger partial charge in [0.1, 0.15) is 0 Å². The summed E-state index contributed by atoms with van der Waals surface area (Å²) in [5, 5.41) is 0. The molecule has 0 spiro atoms. The average molecular weight is 338 g/mol. The van der Waals surface area contributed by atoms with E-state index in [0.29, 0.717) is 11.3 Å². The molecule has 126 valence electrons. The lowest BCUT2D eigenvalue weighted by molar-refractivity contribution is -0.154. The van der Waals surface area contributed by atoms with Crippen molar-refractivity contribution >= 4 is 11.0 Å². The molecule has 0 aliphatic rings. The molecule has 1 unspecified atom stereocenters. The molecule has 0 aromatic carbocycles. The van der Waals surface area contributed by atoms with Crippen molar-refractivity contribution in [1.82, 2.24) is 9.71 Å². The second kappa shape index (κ2) is 6.95. The molecular formula is C14H21F3N2O2S. The largest absolute Gasteiger partial charge is 0.468 e. The number of pyridine rings is 1. The van der Waals surface area contributed by atoms with Gasteiger partial charge in [-0.1, -0.05) is 0 Å². The molecule has 0 fully saturated rings. The van der Waals surface area contributed by atoms with Gasteiger partial charge in [0.2, 0.25) is 5.88 Å². The minimum Gasteiger partial charge on any atom is -0.468 e. The SMILES string of the molecule is Cc1cc(C(C)N[S@](=O)C(C)(C)C)cc(OCC(F)(F)F)n1. The molecule has 0 saturated carbocycles. The van der Waals surface area contributed by atoms with E-state index >= 15 is 0 Å². The number of ether oxygens (including phenoxy) is 1. The van der Waals surface area contributed by atoms with Crippen molar-refractivity contribution < 1.29 is 22.1 Å². The first-order valence-corrected chi connectivity index (χ1v) is 7.89. The van der Waals surface area contributed by atoms with Gasteiger partial charge < -0.3 is 4.74 Å². The topological polar surface area (TPSA) is 51.2 Å². The summed E-state index contributed by atoms with van der Waals surface area (Å²) in [4.78, 5) is 3.92. The van der Waals surface area contributed by atoms with Gasteiger partial charge in [-0.25, -0.2) is 13.9 Å². The Morgan fingerprint density at radius 1 is 1.32 bits per heavy atom. The molecule has 1 aromatic rings. The van der Waals surface area contributed by atoms with Gasteiger partial charge in [0, 0.05) is 17.8 Å². The Hall–Kier alpha value is -1.15. The van der Waals surface area contributed by atoms with Crippen LogP contribution in [0, 0.1) is 6.92 Å². The molecule has 1 rings (SSSR count). The second-order valence-corrected chi connectivity index (χ2v) is 8.00. The maximum Gasteiger partial charge on any atom is 0.422 e. The quantitative estimate of drug-likeness (QED) is 0.895. The second-order valence-electron chi connectivity index (χ2n) is 6.00. The summed E-state index contributed by atoms with van der Waals surface area (Å²) in [7, 11) is -1.29. The Morgan fingerprint density at radius 3 is 2.41 bits per heavy atom. The van der Waals surface area contributed by atoms with E-state index in [1.54, 1.807) is 19.9 Å². The lowest BCUT2D eigenvalue weighted by atomic mass is 10.1. The van der Waals surface area contributed by atoms with Crippen LogP contribution in [-0.4, -0.2) is 26.7 Å². The standard InChI is InChI=1S/C14H21F3N2O2S/c1-9-6-11(10(2)19-22(20)13(3,4)5)7-12(18-9)21-8-14(15,16)17/h6-7,10,19H,8H2,1-5H3/t10?,22-/m1/s1. The van der Waals surface area contributed by atoms with Crippen molar-refractivity contribution in [1.29, 1.82) is 0 Å². The fraction of sp³-hybridized carbons (Fsp3) is 0.643. The molecule has 8 heteroatoms. The highest BCUT2D eigenvalue weighted by atomic mass is 32.2. The molecule has 0 radical (unpaired) electrons. The number of alkyl halides is 3. The van der Waals surface area contributed by atoms with Crippen LogP contribution < -0.4 is 9.46 Å². The molecule has 1 heterocycles. The van der Waals surface area contributed by atoms with Crippen molar-refractivity contribution in [3.63, 3.8) is 0 Å². The van der Waals surface area contributed by atoms with Crippen LogP contribution in [0.1, 0.15) is 45.0 Å². The van der Waals surface area contributed by atoms with Crippen LogP contribution in [0.2, 0.25) is 0 Å². The van der Waals surface area contributed by atoms with E-state index in [1.165, 1.54) is 6.07 Å². The molecule has 0 aliphatic heterocycles. The third-order valence-corrected chi connectivity index (χ3v) is 4.36. The molecule has 22 heavy (non-hydrogen) atoms. The summed E-state index contributed by atoms with van der Waals surface area (Å²) < 4.78 is 55.8. The first kappa shape index (κ1) is 18.9. The molecular weight excluding hydrogens is 317 g/mol. The van der Waals surface area contributed by atoms with Gasteiger partial charge >= 0.3 is 6.18 Å².